The number of benzene rings is 1. The van der Waals surface area contributed by atoms with Crippen LogP contribution in [0.25, 0.3) is 10.9 Å². The Morgan fingerprint density at radius 3 is 1.47 bits per heavy atom. The number of aromatic nitrogens is 5. The van der Waals surface area contributed by atoms with E-state index in [0.717, 1.165) is 10.9 Å². The van der Waals surface area contributed by atoms with Crippen molar-refractivity contribution in [2.45, 2.75) is 217 Å². The Morgan fingerprint density at radius 1 is 0.534 bits per heavy atom. The van der Waals surface area contributed by atoms with E-state index in [1.165, 1.54) is 51.5 Å². The molecule has 12 atom stereocenters. The summed E-state index contributed by atoms with van der Waals surface area (Å²) in [6.45, 7) is 11.1. The molecule has 566 valence electrons. The summed E-state index contributed by atoms with van der Waals surface area (Å²) < 4.78 is 0. The zero-order valence-corrected chi connectivity index (χ0v) is 60.8. The van der Waals surface area contributed by atoms with Crippen molar-refractivity contribution in [1.29, 1.82) is 0 Å². The lowest BCUT2D eigenvalue weighted by Gasteiger charge is -2.32. The molecule has 17 N–H and O–H groups in total. The summed E-state index contributed by atoms with van der Waals surface area (Å²) in [7, 11) is 0. The van der Waals surface area contributed by atoms with Gasteiger partial charge in [-0.1, -0.05) is 59.7 Å². The van der Waals surface area contributed by atoms with Crippen LogP contribution in [0.4, 0.5) is 0 Å². The average molecular weight is 1460 g/mol. The lowest BCUT2D eigenvalue weighted by molar-refractivity contribution is -0.149. The maximum absolute atomic E-state index is 15.5. The number of carboxylic acids is 1. The number of unbranched alkanes of at least 4 members (excludes halogenated alkanes) is 1. The van der Waals surface area contributed by atoms with Gasteiger partial charge in [-0.15, -0.1) is 0 Å². The van der Waals surface area contributed by atoms with E-state index in [1.807, 2.05) is 72.1 Å². The Bertz CT molecular complexity index is 3520. The van der Waals surface area contributed by atoms with Crippen molar-refractivity contribution in [3.8, 4) is 0 Å². The summed E-state index contributed by atoms with van der Waals surface area (Å²) in [5.41, 5.74) is 13.8. The molecule has 3 saturated heterocycles. The SMILES string of the molecule is CSCC[C@H](NC(=O)[C@H](CCCCN)NC(=O)[C@H](CC(C)C)NC(=O)[C@@H](N)CO)C(=O)N1CCC[C@H]1C(=O)N[C@@H](Cc1cnc[nH]1)C(=O)N[C@@H](Cc1c[nH]c2ccccc12)C(=O)N1CCC[C@H]1C(=O)N[C@@H](Cc1cnc[nH]1)C(=O)N[C@@H](CC(C)C)C(=O)N[C@@H](CC(C)C)C(=O)N1CCC[C@H]1C(=O)O. The lowest BCUT2D eigenvalue weighted by atomic mass is 9.99. The molecular weight excluding hydrogens is 1350 g/mol. The number of imidazole rings is 2. The molecule has 3 aliphatic heterocycles. The molecule has 7 rings (SSSR count). The van der Waals surface area contributed by atoms with Crippen molar-refractivity contribution in [1.82, 2.24) is 82.2 Å². The highest BCUT2D eigenvalue weighted by atomic mass is 32.2. The number of amides is 11. The molecule has 0 aliphatic carbocycles. The molecular formula is C70H106N18O14S. The summed E-state index contributed by atoms with van der Waals surface area (Å²) in [6.07, 6.45) is 12.3. The Labute approximate surface area is 604 Å². The Hall–Kier alpha value is -8.95. The number of carbonyl (C=O) groups excluding carboxylic acids is 11. The number of aliphatic hydroxyl groups is 1. The first-order chi connectivity index (χ1) is 49.2. The molecule has 0 saturated carbocycles. The van der Waals surface area contributed by atoms with E-state index in [1.54, 1.807) is 6.20 Å². The molecule has 103 heavy (non-hydrogen) atoms. The van der Waals surface area contributed by atoms with Crippen LogP contribution in [0, 0.1) is 17.8 Å². The van der Waals surface area contributed by atoms with Crippen molar-refractivity contribution in [3.05, 3.63) is 72.5 Å². The first-order valence-electron chi connectivity index (χ1n) is 35.8. The van der Waals surface area contributed by atoms with E-state index < -0.39 is 150 Å². The molecule has 32 nitrogen and oxygen atoms in total. The van der Waals surface area contributed by atoms with Crippen LogP contribution < -0.4 is 54.0 Å². The van der Waals surface area contributed by atoms with E-state index in [9.17, 15) is 58.2 Å². The molecule has 1 aromatic carbocycles. The molecule has 0 bridgehead atoms. The highest BCUT2D eigenvalue weighted by Gasteiger charge is 2.44. The van der Waals surface area contributed by atoms with Gasteiger partial charge in [0, 0.05) is 79.8 Å². The standard InChI is InChI=1S/C70H106N18O14S/c1-39(2)27-50(80-59(90)46(72)36-89)61(92)78-48(17-10-11-22-71)60(91)79-49(21-26-103-7)67(98)86-23-12-18-56(86)65(96)83-53(32-44-35-74-38-77-44)64(95)85-55(30-42-33-75-47-16-9-8-15-45(42)47)69(100)87-24-13-19-57(87)66(97)82-52(31-43-34-73-37-76-43)63(94)81-51(28-40(3)4)62(93)84-54(29-41(5)6)68(99)88-25-14-20-58(88)70(101)102/h8-9,15-16,33-35,37-41,46,48-58,75,89H,10-14,17-32,36,71-72H2,1-7H3,(H,73,76)(H,74,77)(H,78,92)(H,79,91)(H,80,90)(H,81,94)(H,82,97)(H,83,96)(H,84,93)(H,85,95)(H,101,102)/t46-,48-,49-,50-,51-,52-,53-,54-,55-,56-,57-,58-/m0/s1. The average Bonchev–Trinajstić information content (AvgIpc) is 1.72. The molecule has 0 radical (unpaired) electrons. The van der Waals surface area contributed by atoms with Gasteiger partial charge in [-0.05, 0) is 131 Å². The van der Waals surface area contributed by atoms with Crippen molar-refractivity contribution < 1.29 is 67.7 Å². The van der Waals surface area contributed by atoms with Gasteiger partial charge in [-0.3, -0.25) is 52.7 Å². The summed E-state index contributed by atoms with van der Waals surface area (Å²) in [5, 5.41) is 42.7. The molecule has 0 unspecified atom stereocenters. The summed E-state index contributed by atoms with van der Waals surface area (Å²) in [5.74, 6) is -8.64. The highest BCUT2D eigenvalue weighted by Crippen LogP contribution is 2.26. The monoisotopic (exact) mass is 1450 g/mol. The second kappa shape index (κ2) is 39.6. The van der Waals surface area contributed by atoms with E-state index in [2.05, 4.69) is 67.5 Å². The predicted octanol–water partition coefficient (Wildman–Crippen LogP) is -0.0820. The van der Waals surface area contributed by atoms with Crippen LogP contribution in [0.2, 0.25) is 0 Å². The van der Waals surface area contributed by atoms with Crippen molar-refractivity contribution in [2.75, 3.05) is 44.8 Å². The fourth-order valence-corrected chi connectivity index (χ4v) is 13.9. The van der Waals surface area contributed by atoms with Crippen LogP contribution in [0.5, 0.6) is 0 Å². The first kappa shape index (κ1) is 81.3. The van der Waals surface area contributed by atoms with Crippen LogP contribution in [0.1, 0.15) is 142 Å². The minimum atomic E-state index is -1.41. The number of fused-ring (bicyclic) bond motifs is 1. The van der Waals surface area contributed by atoms with Crippen molar-refractivity contribution in [2.24, 2.45) is 29.2 Å². The third kappa shape index (κ3) is 23.3. The lowest BCUT2D eigenvalue weighted by Crippen LogP contribution is -2.61. The van der Waals surface area contributed by atoms with Gasteiger partial charge in [0.25, 0.3) is 0 Å². The zero-order valence-electron chi connectivity index (χ0n) is 60.0. The number of nitrogens with zero attached hydrogens (tertiary/aromatic N) is 5. The fourth-order valence-electron chi connectivity index (χ4n) is 13.5. The Morgan fingerprint density at radius 2 is 0.971 bits per heavy atom. The van der Waals surface area contributed by atoms with Crippen LogP contribution in [-0.4, -0.2) is 238 Å². The number of rotatable bonds is 40. The molecule has 3 fully saturated rings. The van der Waals surface area contributed by atoms with Gasteiger partial charge in [-0.2, -0.15) is 11.8 Å². The molecule has 4 aromatic rings. The molecule has 3 aromatic heterocycles. The predicted molar refractivity (Wildman–Crippen MR) is 383 cm³/mol. The van der Waals surface area contributed by atoms with Gasteiger partial charge in [-0.25, -0.2) is 14.8 Å². The Kier molecular flexibility index (Phi) is 31.3. The number of aliphatic carboxylic acids is 1. The van der Waals surface area contributed by atoms with Gasteiger partial charge in [0.2, 0.25) is 65.0 Å². The largest absolute Gasteiger partial charge is 0.480 e. The van der Waals surface area contributed by atoms with Gasteiger partial charge >= 0.3 is 5.97 Å². The van der Waals surface area contributed by atoms with Crippen LogP contribution in [0.3, 0.4) is 0 Å². The third-order valence-electron chi connectivity index (χ3n) is 18.8. The van der Waals surface area contributed by atoms with Crippen LogP contribution in [-0.2, 0) is 76.8 Å². The summed E-state index contributed by atoms with van der Waals surface area (Å²) in [6, 6.07) is -7.26. The van der Waals surface area contributed by atoms with Gasteiger partial charge in [0.05, 0.1) is 19.3 Å². The maximum atomic E-state index is 15.5. The van der Waals surface area contributed by atoms with Gasteiger partial charge in [0.15, 0.2) is 0 Å². The summed E-state index contributed by atoms with van der Waals surface area (Å²) >= 11 is 1.42. The molecule has 6 heterocycles. The van der Waals surface area contributed by atoms with E-state index in [4.69, 9.17) is 11.5 Å². The number of H-pyrrole nitrogens is 3. The Balaban J connectivity index is 1.11. The number of aliphatic hydroxyl groups excluding tert-OH is 1. The summed E-state index contributed by atoms with van der Waals surface area (Å²) in [4.78, 5) is 193. The van der Waals surface area contributed by atoms with Gasteiger partial charge < -0.3 is 93.9 Å². The highest BCUT2D eigenvalue weighted by molar-refractivity contribution is 7.98. The van der Waals surface area contributed by atoms with E-state index in [0.29, 0.717) is 61.4 Å². The molecule has 33 heteroatoms. The van der Waals surface area contributed by atoms with Crippen LogP contribution >= 0.6 is 11.8 Å². The quantitative estimate of drug-likeness (QED) is 0.0259. The minimum absolute atomic E-state index is 0.0636. The number of hydrogen-bond acceptors (Lipinski definition) is 18. The number of nitrogens with one attached hydrogen (secondary N) is 11. The number of hydrogen-bond donors (Lipinski definition) is 15. The third-order valence-corrected chi connectivity index (χ3v) is 19.4. The maximum Gasteiger partial charge on any atom is 0.326 e. The normalized spacial score (nSPS) is 18.7. The number of thioether (sulfide) groups is 1. The van der Waals surface area contributed by atoms with Crippen molar-refractivity contribution >= 4 is 93.6 Å². The zero-order chi connectivity index (χ0) is 75.0. The fraction of sp³-hybridized carbons (Fsp3) is 0.629. The van der Waals surface area contributed by atoms with E-state index >= 15 is 9.59 Å². The molecule has 11 amide bonds. The second-order valence-electron chi connectivity index (χ2n) is 28.3. The topological polar surface area (TPSA) is 476 Å². The van der Waals surface area contributed by atoms with E-state index in [-0.39, 0.29) is 108 Å². The second-order valence-corrected chi connectivity index (χ2v) is 29.3. The van der Waals surface area contributed by atoms with Crippen molar-refractivity contribution in [3.63, 3.8) is 0 Å². The number of carboxylic acid groups (broad SMARTS) is 1. The van der Waals surface area contributed by atoms with Crippen LogP contribution in [0.15, 0.2) is 55.5 Å². The number of aromatic amines is 3. The number of nitrogens with two attached hydrogens (primary N) is 2. The first-order valence-corrected chi connectivity index (χ1v) is 37.2. The number of carbonyl (C=O) groups is 12. The van der Waals surface area contributed by atoms with Gasteiger partial charge in [0.1, 0.15) is 72.5 Å². The number of para-hydroxylation sites is 1. The minimum Gasteiger partial charge on any atom is -0.480 e. The smallest absolute Gasteiger partial charge is 0.326 e. The number of likely N-dealkylation sites (tertiary alicyclic amines) is 3. The molecule has 0 spiro atoms. The molecule has 3 aliphatic rings.